The van der Waals surface area contributed by atoms with Crippen LogP contribution in [-0.2, 0) is 18.3 Å². The first-order chi connectivity index (χ1) is 16.2. The van der Waals surface area contributed by atoms with E-state index in [9.17, 15) is 9.46 Å². The lowest BCUT2D eigenvalue weighted by molar-refractivity contribution is -0.870. The van der Waals surface area contributed by atoms with E-state index in [-0.39, 0.29) is 19.3 Å². The molecule has 0 aliphatic carbocycles. The fourth-order valence-electron chi connectivity index (χ4n) is 3.66. The minimum Gasteiger partial charge on any atom is -0.376 e. The van der Waals surface area contributed by atoms with Crippen LogP contribution < -0.4 is 0 Å². The van der Waals surface area contributed by atoms with Crippen LogP contribution in [0.25, 0.3) is 0 Å². The normalized spacial score (nSPS) is 14.9. The van der Waals surface area contributed by atoms with E-state index in [2.05, 4.69) is 13.2 Å². The number of thioether (sulfide) groups is 1. The molecule has 0 amide bonds. The summed E-state index contributed by atoms with van der Waals surface area (Å²) in [5, 5.41) is 0. The summed E-state index contributed by atoms with van der Waals surface area (Å²) in [5.74, 6) is 0.935. The first-order valence-corrected chi connectivity index (χ1v) is 16.6. The summed E-state index contributed by atoms with van der Waals surface area (Å²) < 4.78 is 29.1. The second-order valence-corrected chi connectivity index (χ2v) is 12.9. The summed E-state index contributed by atoms with van der Waals surface area (Å²) in [6.07, 6.45) is 21.4. The van der Waals surface area contributed by atoms with Gasteiger partial charge < -0.3 is 14.1 Å². The van der Waals surface area contributed by atoms with E-state index in [1.807, 2.05) is 21.1 Å². The molecule has 0 saturated heterocycles. The van der Waals surface area contributed by atoms with Gasteiger partial charge >= 0.3 is 7.82 Å². The van der Waals surface area contributed by atoms with Gasteiger partial charge in [-0.25, -0.2) is 4.57 Å². The van der Waals surface area contributed by atoms with Crippen LogP contribution >= 0.6 is 19.6 Å². The molecule has 0 radical (unpaired) electrons. The van der Waals surface area contributed by atoms with Gasteiger partial charge in [0.15, 0.2) is 0 Å². The van der Waals surface area contributed by atoms with Gasteiger partial charge in [-0.3, -0.25) is 9.05 Å². The Balaban J connectivity index is 3.78. The van der Waals surface area contributed by atoms with E-state index >= 15 is 0 Å². The van der Waals surface area contributed by atoms with Gasteiger partial charge in [0.1, 0.15) is 13.2 Å². The van der Waals surface area contributed by atoms with Gasteiger partial charge in [0.25, 0.3) is 0 Å². The molecule has 206 valence electrons. The van der Waals surface area contributed by atoms with Gasteiger partial charge in [0.05, 0.1) is 33.9 Å². The smallest absolute Gasteiger partial charge is 0.376 e. The molecule has 0 aliphatic rings. The molecular weight excluding hydrogens is 469 g/mol. The number of unbranched alkanes of at least 4 members (excludes halogenated alkanes) is 13. The molecule has 6 nitrogen and oxygen atoms in total. The largest absolute Gasteiger partial charge is 0.472 e. The van der Waals surface area contributed by atoms with E-state index in [1.54, 1.807) is 11.8 Å². The summed E-state index contributed by atoms with van der Waals surface area (Å²) in [5.41, 5.74) is 0. The van der Waals surface area contributed by atoms with Crippen LogP contribution in [0, 0.1) is 0 Å². The Morgan fingerprint density at radius 2 is 1.29 bits per heavy atom. The van der Waals surface area contributed by atoms with Crippen molar-refractivity contribution >= 4 is 19.6 Å². The van der Waals surface area contributed by atoms with Crippen molar-refractivity contribution in [2.45, 2.75) is 109 Å². The first kappa shape index (κ1) is 34.4. The van der Waals surface area contributed by atoms with Crippen molar-refractivity contribution in [3.8, 4) is 0 Å². The van der Waals surface area contributed by atoms with E-state index in [0.29, 0.717) is 17.6 Å². The number of phosphoric ester groups is 1. The number of rotatable bonds is 26. The van der Waals surface area contributed by atoms with Crippen molar-refractivity contribution in [3.63, 3.8) is 0 Å². The number of hydrogen-bond acceptors (Lipinski definition) is 5. The number of quaternary nitrogens is 1. The first-order valence-electron chi connectivity index (χ1n) is 13.7. The number of ether oxygens (including phenoxy) is 1. The van der Waals surface area contributed by atoms with Crippen LogP contribution in [0.2, 0.25) is 0 Å². The quantitative estimate of drug-likeness (QED) is 0.0717. The fraction of sp³-hybridized carbons (Fsp3) is 1.00. The minimum atomic E-state index is -4.04. The molecule has 0 aliphatic heterocycles. The molecule has 1 N–H and O–H groups in total. The average Bonchev–Trinajstić information content (AvgIpc) is 2.76. The molecule has 34 heavy (non-hydrogen) atoms. The molecule has 2 unspecified atom stereocenters. The SMILES string of the molecule is CCCCCCCCCCCCCCCCOC(CCSC)COP(=O)(O)OCC[N+](C)(C)C. The number of likely N-dealkylation sites (N-methyl/N-ethyl adjacent to an activating group) is 1. The maximum Gasteiger partial charge on any atom is 0.472 e. The van der Waals surface area contributed by atoms with E-state index < -0.39 is 7.82 Å². The van der Waals surface area contributed by atoms with Gasteiger partial charge in [0.2, 0.25) is 0 Å². The van der Waals surface area contributed by atoms with Gasteiger partial charge in [-0.2, -0.15) is 11.8 Å². The summed E-state index contributed by atoms with van der Waals surface area (Å²) in [7, 11) is 1.99. The highest BCUT2D eigenvalue weighted by atomic mass is 32.2. The number of nitrogens with zero attached hydrogens (tertiary/aromatic N) is 1. The van der Waals surface area contributed by atoms with Crippen LogP contribution in [0.1, 0.15) is 103 Å². The van der Waals surface area contributed by atoms with Gasteiger partial charge in [0, 0.05) is 6.61 Å². The zero-order chi connectivity index (χ0) is 25.5. The van der Waals surface area contributed by atoms with Crippen LogP contribution in [0.3, 0.4) is 0 Å². The summed E-state index contributed by atoms with van der Waals surface area (Å²) in [4.78, 5) is 9.93. The van der Waals surface area contributed by atoms with Gasteiger partial charge in [-0.15, -0.1) is 0 Å². The lowest BCUT2D eigenvalue weighted by Gasteiger charge is -2.24. The summed E-state index contributed by atoms with van der Waals surface area (Å²) in [6, 6.07) is 0. The molecule has 0 aromatic rings. The predicted octanol–water partition coefficient (Wildman–Crippen LogP) is 7.45. The molecule has 0 aromatic heterocycles. The lowest BCUT2D eigenvalue weighted by Crippen LogP contribution is -2.37. The fourth-order valence-corrected chi connectivity index (χ4v) is 4.90. The Kier molecular flexibility index (Phi) is 22.8. The maximum absolute atomic E-state index is 12.1. The van der Waals surface area contributed by atoms with Gasteiger partial charge in [-0.1, -0.05) is 90.4 Å². The minimum absolute atomic E-state index is 0.0946. The molecule has 0 rings (SSSR count). The second kappa shape index (κ2) is 22.6. The van der Waals surface area contributed by atoms with Crippen molar-refractivity contribution in [2.24, 2.45) is 0 Å². The molecular formula is C26H57NO5PS+. The van der Waals surface area contributed by atoms with E-state index in [0.717, 1.165) is 18.6 Å². The molecule has 0 heterocycles. The lowest BCUT2D eigenvalue weighted by atomic mass is 10.0. The topological polar surface area (TPSA) is 65.0 Å². The third-order valence-corrected chi connectivity index (χ3v) is 7.56. The molecule has 0 spiro atoms. The standard InChI is InChI=1S/C26H56NO5PS/c1-6-7-8-9-10-11-12-13-14-15-16-17-18-19-22-30-26(20-24-34-5)25-32-33(28,29)31-23-21-27(2,3)4/h26H,6-25H2,1-5H3/p+1. The highest BCUT2D eigenvalue weighted by Gasteiger charge is 2.24. The van der Waals surface area contributed by atoms with Crippen molar-refractivity contribution in [1.82, 2.24) is 0 Å². The third kappa shape index (κ3) is 25.5. The zero-order valence-electron chi connectivity index (χ0n) is 23.1. The Morgan fingerprint density at radius 1 is 0.794 bits per heavy atom. The highest BCUT2D eigenvalue weighted by Crippen LogP contribution is 2.43. The number of hydrogen-bond donors (Lipinski definition) is 1. The van der Waals surface area contributed by atoms with Crippen LogP contribution in [0.4, 0.5) is 0 Å². The molecule has 8 heteroatoms. The molecule has 0 saturated carbocycles. The van der Waals surface area contributed by atoms with Crippen LogP contribution in [-0.4, -0.2) is 75.0 Å². The monoisotopic (exact) mass is 526 g/mol. The van der Waals surface area contributed by atoms with Crippen molar-refractivity contribution in [3.05, 3.63) is 0 Å². The molecule has 0 bridgehead atoms. The molecule has 2 atom stereocenters. The molecule has 0 aromatic carbocycles. The zero-order valence-corrected chi connectivity index (χ0v) is 24.8. The van der Waals surface area contributed by atoms with Crippen LogP contribution in [0.15, 0.2) is 0 Å². The van der Waals surface area contributed by atoms with Crippen LogP contribution in [0.5, 0.6) is 0 Å². The highest BCUT2D eigenvalue weighted by molar-refractivity contribution is 7.98. The summed E-state index contributed by atoms with van der Waals surface area (Å²) >= 11 is 1.74. The third-order valence-electron chi connectivity index (χ3n) is 5.94. The average molecular weight is 527 g/mol. The van der Waals surface area contributed by atoms with E-state index in [1.165, 1.54) is 83.5 Å². The Morgan fingerprint density at radius 3 is 1.76 bits per heavy atom. The molecule has 0 fully saturated rings. The number of phosphoric acid groups is 1. The Labute approximate surface area is 216 Å². The van der Waals surface area contributed by atoms with Gasteiger partial charge in [-0.05, 0) is 24.9 Å². The Hall–Kier alpha value is 0.380. The summed E-state index contributed by atoms with van der Waals surface area (Å²) in [6.45, 7) is 3.87. The van der Waals surface area contributed by atoms with Crippen molar-refractivity contribution in [2.75, 3.05) is 59.5 Å². The Bertz CT molecular complexity index is 490. The van der Waals surface area contributed by atoms with Crippen molar-refractivity contribution in [1.29, 1.82) is 0 Å². The van der Waals surface area contributed by atoms with E-state index in [4.69, 9.17) is 13.8 Å². The second-order valence-electron chi connectivity index (χ2n) is 10.5. The van der Waals surface area contributed by atoms with Crippen molar-refractivity contribution < 1.29 is 27.7 Å². The maximum atomic E-state index is 12.1. The predicted molar refractivity (Wildman–Crippen MR) is 148 cm³/mol.